The third-order valence-corrected chi connectivity index (χ3v) is 3.19. The third kappa shape index (κ3) is 3.81. The van der Waals surface area contributed by atoms with Crippen molar-refractivity contribution >= 4 is 17.5 Å². The van der Waals surface area contributed by atoms with Gasteiger partial charge in [-0.05, 0) is 51.4 Å². The maximum Gasteiger partial charge on any atom is 0.251 e. The molecule has 1 saturated heterocycles. The Balaban J connectivity index is 2.02. The molecule has 1 fully saturated rings. The monoisotopic (exact) mass is 275 g/mol. The Morgan fingerprint density at radius 2 is 2.15 bits per heavy atom. The Bertz CT molecular complexity index is 494. The van der Waals surface area contributed by atoms with E-state index < -0.39 is 0 Å². The normalized spacial score (nSPS) is 18.1. The molecule has 0 bridgehead atoms. The highest BCUT2D eigenvalue weighted by molar-refractivity contribution is 5.98. The van der Waals surface area contributed by atoms with E-state index in [1.54, 1.807) is 24.3 Å². The average molecular weight is 275 g/mol. The van der Waals surface area contributed by atoms with E-state index in [2.05, 4.69) is 16.0 Å². The van der Waals surface area contributed by atoms with Crippen molar-refractivity contribution < 1.29 is 9.59 Å². The van der Waals surface area contributed by atoms with Crippen molar-refractivity contribution in [3.63, 3.8) is 0 Å². The number of hydrogen-bond acceptors (Lipinski definition) is 3. The second-order valence-electron chi connectivity index (χ2n) is 5.35. The summed E-state index contributed by atoms with van der Waals surface area (Å²) in [6.45, 7) is 4.71. The molecule has 3 N–H and O–H groups in total. The summed E-state index contributed by atoms with van der Waals surface area (Å²) in [4.78, 5) is 23.9. The maximum atomic E-state index is 12.0. The fraction of sp³-hybridized carbons (Fsp3) is 0.467. The molecule has 1 heterocycles. The van der Waals surface area contributed by atoms with Crippen LogP contribution in [0.15, 0.2) is 24.3 Å². The molecule has 1 aromatic rings. The van der Waals surface area contributed by atoms with Crippen LogP contribution in [0, 0.1) is 0 Å². The second-order valence-corrected chi connectivity index (χ2v) is 5.35. The fourth-order valence-corrected chi connectivity index (χ4v) is 2.22. The molecule has 1 aliphatic rings. The second kappa shape index (κ2) is 6.52. The SMILES string of the molecule is CC(C)NC(=O)c1cccc(NC(=O)[C@H]2CCCN2)c1. The van der Waals surface area contributed by atoms with Crippen LogP contribution in [-0.4, -0.2) is 30.4 Å². The molecule has 20 heavy (non-hydrogen) atoms. The maximum absolute atomic E-state index is 12.0. The van der Waals surface area contributed by atoms with Gasteiger partial charge in [-0.3, -0.25) is 9.59 Å². The predicted octanol–water partition coefficient (Wildman–Crippen LogP) is 1.52. The smallest absolute Gasteiger partial charge is 0.251 e. The number of carbonyl (C=O) groups is 2. The zero-order valence-electron chi connectivity index (χ0n) is 11.9. The number of amides is 2. The summed E-state index contributed by atoms with van der Waals surface area (Å²) >= 11 is 0. The molecule has 0 radical (unpaired) electrons. The Morgan fingerprint density at radius 1 is 1.35 bits per heavy atom. The minimum Gasteiger partial charge on any atom is -0.350 e. The lowest BCUT2D eigenvalue weighted by atomic mass is 10.1. The summed E-state index contributed by atoms with van der Waals surface area (Å²) < 4.78 is 0. The summed E-state index contributed by atoms with van der Waals surface area (Å²) in [5.41, 5.74) is 1.20. The first-order valence-corrected chi connectivity index (χ1v) is 7.01. The summed E-state index contributed by atoms with van der Waals surface area (Å²) in [5.74, 6) is -0.168. The summed E-state index contributed by atoms with van der Waals surface area (Å²) in [7, 11) is 0. The zero-order valence-corrected chi connectivity index (χ0v) is 11.9. The van der Waals surface area contributed by atoms with Gasteiger partial charge in [-0.25, -0.2) is 0 Å². The molecule has 0 saturated carbocycles. The van der Waals surface area contributed by atoms with Crippen LogP contribution in [0.3, 0.4) is 0 Å². The van der Waals surface area contributed by atoms with Gasteiger partial charge in [0.25, 0.3) is 5.91 Å². The highest BCUT2D eigenvalue weighted by Crippen LogP contribution is 2.13. The molecule has 5 heteroatoms. The molecule has 5 nitrogen and oxygen atoms in total. The summed E-state index contributed by atoms with van der Waals surface area (Å²) in [5, 5.41) is 8.83. The molecule has 0 aliphatic carbocycles. The zero-order chi connectivity index (χ0) is 14.5. The van der Waals surface area contributed by atoms with Gasteiger partial charge >= 0.3 is 0 Å². The van der Waals surface area contributed by atoms with Gasteiger partial charge in [0.05, 0.1) is 6.04 Å². The van der Waals surface area contributed by atoms with Gasteiger partial charge < -0.3 is 16.0 Å². The van der Waals surface area contributed by atoms with E-state index >= 15 is 0 Å². The lowest BCUT2D eigenvalue weighted by Crippen LogP contribution is -2.35. The first-order chi connectivity index (χ1) is 9.56. The number of benzene rings is 1. The average Bonchev–Trinajstić information content (AvgIpc) is 2.92. The van der Waals surface area contributed by atoms with Gasteiger partial charge in [0.2, 0.25) is 5.91 Å². The summed E-state index contributed by atoms with van der Waals surface area (Å²) in [6, 6.07) is 6.96. The molecule has 1 aliphatic heterocycles. The standard InChI is InChI=1S/C15H21N3O2/c1-10(2)17-14(19)11-5-3-6-12(9-11)18-15(20)13-7-4-8-16-13/h3,5-6,9-10,13,16H,4,7-8H2,1-2H3,(H,17,19)(H,18,20)/t13-/m1/s1. The fourth-order valence-electron chi connectivity index (χ4n) is 2.22. The lowest BCUT2D eigenvalue weighted by Gasteiger charge is -2.12. The molecule has 0 aromatic heterocycles. The first kappa shape index (κ1) is 14.5. The van der Waals surface area contributed by atoms with Gasteiger partial charge in [0, 0.05) is 17.3 Å². The molecule has 2 rings (SSSR count). The molecule has 0 spiro atoms. The van der Waals surface area contributed by atoms with E-state index in [0.717, 1.165) is 19.4 Å². The number of nitrogens with one attached hydrogen (secondary N) is 3. The number of hydrogen-bond donors (Lipinski definition) is 3. The minimum atomic E-state index is -0.130. The van der Waals surface area contributed by atoms with Gasteiger partial charge in [0.15, 0.2) is 0 Å². The highest BCUT2D eigenvalue weighted by atomic mass is 16.2. The van der Waals surface area contributed by atoms with E-state index in [0.29, 0.717) is 11.3 Å². The molecular formula is C15H21N3O2. The minimum absolute atomic E-state index is 0.0380. The van der Waals surface area contributed by atoms with Crippen molar-refractivity contribution in [2.75, 3.05) is 11.9 Å². The molecule has 108 valence electrons. The van der Waals surface area contributed by atoms with Crippen LogP contribution in [0.25, 0.3) is 0 Å². The topological polar surface area (TPSA) is 70.2 Å². The van der Waals surface area contributed by atoms with E-state index in [1.165, 1.54) is 0 Å². The molecule has 0 unspecified atom stereocenters. The van der Waals surface area contributed by atoms with Crippen molar-refractivity contribution in [2.45, 2.75) is 38.8 Å². The van der Waals surface area contributed by atoms with Gasteiger partial charge in [-0.1, -0.05) is 6.07 Å². The highest BCUT2D eigenvalue weighted by Gasteiger charge is 2.22. The van der Waals surface area contributed by atoms with Crippen LogP contribution in [0.2, 0.25) is 0 Å². The largest absolute Gasteiger partial charge is 0.350 e. The number of rotatable bonds is 4. The Hall–Kier alpha value is -1.88. The van der Waals surface area contributed by atoms with E-state index in [-0.39, 0.29) is 23.9 Å². The predicted molar refractivity (Wildman–Crippen MR) is 78.7 cm³/mol. The van der Waals surface area contributed by atoms with E-state index in [4.69, 9.17) is 0 Å². The molecule has 1 aromatic carbocycles. The lowest BCUT2D eigenvalue weighted by molar-refractivity contribution is -0.117. The van der Waals surface area contributed by atoms with Crippen LogP contribution in [0.4, 0.5) is 5.69 Å². The van der Waals surface area contributed by atoms with Crippen LogP contribution in [0.5, 0.6) is 0 Å². The quantitative estimate of drug-likeness (QED) is 0.780. The molecular weight excluding hydrogens is 254 g/mol. The van der Waals surface area contributed by atoms with Crippen LogP contribution < -0.4 is 16.0 Å². The Labute approximate surface area is 119 Å². The Morgan fingerprint density at radius 3 is 2.80 bits per heavy atom. The molecule has 2 amide bonds. The van der Waals surface area contributed by atoms with Gasteiger partial charge in [-0.15, -0.1) is 0 Å². The van der Waals surface area contributed by atoms with Crippen molar-refractivity contribution in [2.24, 2.45) is 0 Å². The first-order valence-electron chi connectivity index (χ1n) is 7.01. The van der Waals surface area contributed by atoms with Gasteiger partial charge in [0.1, 0.15) is 0 Å². The third-order valence-electron chi connectivity index (χ3n) is 3.19. The number of carbonyl (C=O) groups excluding carboxylic acids is 2. The van der Waals surface area contributed by atoms with Crippen LogP contribution >= 0.6 is 0 Å². The van der Waals surface area contributed by atoms with Gasteiger partial charge in [-0.2, -0.15) is 0 Å². The molecule has 1 atom stereocenters. The van der Waals surface area contributed by atoms with E-state index in [1.807, 2.05) is 13.8 Å². The van der Waals surface area contributed by atoms with Crippen LogP contribution in [-0.2, 0) is 4.79 Å². The van der Waals surface area contributed by atoms with Crippen molar-refractivity contribution in [1.82, 2.24) is 10.6 Å². The van der Waals surface area contributed by atoms with Crippen molar-refractivity contribution in [3.05, 3.63) is 29.8 Å². The summed E-state index contributed by atoms with van der Waals surface area (Å²) in [6.07, 6.45) is 1.88. The van der Waals surface area contributed by atoms with Crippen molar-refractivity contribution in [1.29, 1.82) is 0 Å². The van der Waals surface area contributed by atoms with E-state index in [9.17, 15) is 9.59 Å². The number of anilines is 1. The van der Waals surface area contributed by atoms with Crippen molar-refractivity contribution in [3.8, 4) is 0 Å². The Kier molecular flexibility index (Phi) is 4.74. The van der Waals surface area contributed by atoms with Crippen LogP contribution in [0.1, 0.15) is 37.0 Å².